The number of nitrogens with zero attached hydrogens (tertiary/aromatic N) is 2. The van der Waals surface area contributed by atoms with Crippen molar-refractivity contribution < 1.29 is 20.1 Å². The summed E-state index contributed by atoms with van der Waals surface area (Å²) in [5, 5.41) is 26.3. The predicted molar refractivity (Wildman–Crippen MR) is 59.6 cm³/mol. The van der Waals surface area contributed by atoms with Crippen LogP contribution in [-0.4, -0.2) is 44.5 Å². The first-order chi connectivity index (χ1) is 8.17. The van der Waals surface area contributed by atoms with Crippen LogP contribution in [0.2, 0.25) is 0 Å². The lowest BCUT2D eigenvalue weighted by molar-refractivity contribution is -0.136. The van der Waals surface area contributed by atoms with Gasteiger partial charge in [-0.15, -0.1) is 0 Å². The van der Waals surface area contributed by atoms with Crippen LogP contribution < -0.4 is 0 Å². The molecule has 0 atom stereocenters. The monoisotopic (exact) mass is 240 g/mol. The van der Waals surface area contributed by atoms with Crippen molar-refractivity contribution in [3.63, 3.8) is 0 Å². The Bertz CT molecular complexity index is 382. The summed E-state index contributed by atoms with van der Waals surface area (Å²) in [6.45, 7) is -0.0704. The Kier molecular flexibility index (Phi) is 5.51. The summed E-state index contributed by atoms with van der Waals surface area (Å²) in [6.07, 6.45) is 2.59. The zero-order valence-corrected chi connectivity index (χ0v) is 9.46. The van der Waals surface area contributed by atoms with Gasteiger partial charge in [0.25, 0.3) is 0 Å². The lowest BCUT2D eigenvalue weighted by atomic mass is 10.1. The van der Waals surface area contributed by atoms with Gasteiger partial charge in [-0.1, -0.05) is 0 Å². The van der Waals surface area contributed by atoms with E-state index < -0.39 is 5.97 Å². The molecule has 0 aromatic carbocycles. The Hall–Kier alpha value is -1.53. The highest BCUT2D eigenvalue weighted by Gasteiger charge is 2.09. The van der Waals surface area contributed by atoms with Crippen molar-refractivity contribution in [2.45, 2.75) is 25.7 Å². The van der Waals surface area contributed by atoms with E-state index in [-0.39, 0.29) is 19.6 Å². The van der Waals surface area contributed by atoms with Crippen LogP contribution in [0.4, 0.5) is 0 Å². The smallest absolute Gasteiger partial charge is 0.303 e. The highest BCUT2D eigenvalue weighted by atomic mass is 16.4. The normalized spacial score (nSPS) is 10.5. The van der Waals surface area contributed by atoms with Crippen LogP contribution in [0.1, 0.15) is 23.5 Å². The number of hydrogen-bond donors (Lipinski definition) is 3. The minimum absolute atomic E-state index is 0.00748. The number of hydrogen-bond acceptors (Lipinski definition) is 5. The van der Waals surface area contributed by atoms with Gasteiger partial charge in [-0.3, -0.25) is 14.8 Å². The number of carboxylic acids is 1. The third-order valence-electron chi connectivity index (χ3n) is 2.27. The lowest BCUT2D eigenvalue weighted by Gasteiger charge is -2.07. The molecule has 6 nitrogen and oxygen atoms in total. The van der Waals surface area contributed by atoms with Gasteiger partial charge in [-0.05, 0) is 0 Å². The Labute approximate surface area is 99.0 Å². The third-order valence-corrected chi connectivity index (χ3v) is 2.27. The van der Waals surface area contributed by atoms with E-state index in [1.165, 1.54) is 6.20 Å². The van der Waals surface area contributed by atoms with Crippen LogP contribution in [0, 0.1) is 0 Å². The molecule has 0 amide bonds. The second-order valence-electron chi connectivity index (χ2n) is 3.60. The fraction of sp³-hybridized carbons (Fsp3) is 0.545. The van der Waals surface area contributed by atoms with Gasteiger partial charge in [0.05, 0.1) is 23.5 Å². The van der Waals surface area contributed by atoms with Crippen molar-refractivity contribution in [3.05, 3.63) is 23.3 Å². The van der Waals surface area contributed by atoms with E-state index in [0.29, 0.717) is 36.3 Å². The number of carboxylic acid groups (broad SMARTS) is 1. The van der Waals surface area contributed by atoms with Gasteiger partial charge in [0.2, 0.25) is 0 Å². The van der Waals surface area contributed by atoms with Gasteiger partial charge >= 0.3 is 5.97 Å². The first-order valence-electron chi connectivity index (χ1n) is 5.44. The Morgan fingerprint density at radius 2 is 1.82 bits per heavy atom. The maximum absolute atomic E-state index is 10.5. The first kappa shape index (κ1) is 13.5. The molecule has 0 aliphatic rings. The molecule has 1 heterocycles. The molecule has 0 radical (unpaired) electrons. The molecule has 0 saturated carbocycles. The van der Waals surface area contributed by atoms with Crippen LogP contribution in [0.3, 0.4) is 0 Å². The maximum Gasteiger partial charge on any atom is 0.303 e. The van der Waals surface area contributed by atoms with E-state index in [1.807, 2.05) is 0 Å². The minimum Gasteiger partial charge on any atom is -0.481 e. The molecule has 0 aliphatic heterocycles. The largest absolute Gasteiger partial charge is 0.481 e. The molecule has 0 fully saturated rings. The van der Waals surface area contributed by atoms with E-state index >= 15 is 0 Å². The molecule has 3 N–H and O–H groups in total. The molecule has 1 rings (SSSR count). The summed E-state index contributed by atoms with van der Waals surface area (Å²) >= 11 is 0. The summed E-state index contributed by atoms with van der Waals surface area (Å²) in [4.78, 5) is 18.9. The molecule has 1 aromatic rings. The Balaban J connectivity index is 2.83. The highest BCUT2D eigenvalue weighted by molar-refractivity contribution is 5.67. The standard InChI is InChI=1S/C11H16N2O4/c14-5-3-8-7-12-9(1-2-11(16)17)10(13-8)4-6-15/h7,14-15H,1-6H2,(H,16,17). The van der Waals surface area contributed by atoms with E-state index in [0.717, 1.165) is 0 Å². The molecular weight excluding hydrogens is 224 g/mol. The Morgan fingerprint density at radius 1 is 1.12 bits per heavy atom. The second kappa shape index (κ2) is 6.93. The van der Waals surface area contributed by atoms with E-state index in [2.05, 4.69) is 9.97 Å². The van der Waals surface area contributed by atoms with Gasteiger partial charge in [0.1, 0.15) is 0 Å². The number of aliphatic hydroxyl groups is 2. The minimum atomic E-state index is -0.888. The van der Waals surface area contributed by atoms with Crippen molar-refractivity contribution in [3.8, 4) is 0 Å². The third kappa shape index (κ3) is 4.46. The van der Waals surface area contributed by atoms with Crippen molar-refractivity contribution in [2.24, 2.45) is 0 Å². The molecule has 94 valence electrons. The number of rotatable bonds is 7. The van der Waals surface area contributed by atoms with Crippen LogP contribution in [-0.2, 0) is 24.1 Å². The van der Waals surface area contributed by atoms with Crippen molar-refractivity contribution in [2.75, 3.05) is 13.2 Å². The zero-order chi connectivity index (χ0) is 12.7. The van der Waals surface area contributed by atoms with Crippen LogP contribution in [0.15, 0.2) is 6.20 Å². The molecule has 0 bridgehead atoms. The van der Waals surface area contributed by atoms with Gasteiger partial charge in [0.15, 0.2) is 0 Å². The van der Waals surface area contributed by atoms with E-state index in [9.17, 15) is 4.79 Å². The molecule has 17 heavy (non-hydrogen) atoms. The van der Waals surface area contributed by atoms with Crippen molar-refractivity contribution >= 4 is 5.97 Å². The quantitative estimate of drug-likeness (QED) is 0.597. The highest BCUT2D eigenvalue weighted by Crippen LogP contribution is 2.08. The number of carbonyl (C=O) groups is 1. The molecule has 0 saturated heterocycles. The van der Waals surface area contributed by atoms with Crippen LogP contribution in [0.5, 0.6) is 0 Å². The lowest BCUT2D eigenvalue weighted by Crippen LogP contribution is -2.09. The summed E-state index contributed by atoms with van der Waals surface area (Å²) in [7, 11) is 0. The van der Waals surface area contributed by atoms with Gasteiger partial charge in [-0.2, -0.15) is 0 Å². The summed E-state index contributed by atoms with van der Waals surface area (Å²) < 4.78 is 0. The molecular formula is C11H16N2O4. The van der Waals surface area contributed by atoms with Gasteiger partial charge < -0.3 is 15.3 Å². The topological polar surface area (TPSA) is 104 Å². The van der Waals surface area contributed by atoms with Crippen molar-refractivity contribution in [1.29, 1.82) is 0 Å². The number of aliphatic carboxylic acids is 1. The van der Waals surface area contributed by atoms with Gasteiger partial charge in [0, 0.05) is 38.7 Å². The van der Waals surface area contributed by atoms with Crippen LogP contribution in [0.25, 0.3) is 0 Å². The zero-order valence-electron chi connectivity index (χ0n) is 9.46. The molecule has 0 unspecified atom stereocenters. The SMILES string of the molecule is O=C(O)CCc1ncc(CCO)nc1CCO. The van der Waals surface area contributed by atoms with Crippen LogP contribution >= 0.6 is 0 Å². The van der Waals surface area contributed by atoms with E-state index in [4.69, 9.17) is 15.3 Å². The molecule has 1 aromatic heterocycles. The number of aromatic nitrogens is 2. The van der Waals surface area contributed by atoms with Crippen molar-refractivity contribution in [1.82, 2.24) is 9.97 Å². The number of aryl methyl sites for hydroxylation is 1. The maximum atomic E-state index is 10.5. The summed E-state index contributed by atoms with van der Waals surface area (Å²) in [5.74, 6) is -0.888. The summed E-state index contributed by atoms with van der Waals surface area (Å²) in [5.41, 5.74) is 1.86. The average Bonchev–Trinajstić information content (AvgIpc) is 2.28. The molecule has 0 spiro atoms. The summed E-state index contributed by atoms with van der Waals surface area (Å²) in [6, 6.07) is 0. The van der Waals surface area contributed by atoms with E-state index in [1.54, 1.807) is 0 Å². The Morgan fingerprint density at radius 3 is 2.41 bits per heavy atom. The first-order valence-corrected chi connectivity index (χ1v) is 5.44. The molecule has 0 aliphatic carbocycles. The fourth-order valence-corrected chi connectivity index (χ4v) is 1.47. The second-order valence-corrected chi connectivity index (χ2v) is 3.60. The van der Waals surface area contributed by atoms with Gasteiger partial charge in [-0.25, -0.2) is 0 Å². The number of aliphatic hydroxyl groups excluding tert-OH is 2. The molecule has 6 heteroatoms. The average molecular weight is 240 g/mol. The predicted octanol–water partition coefficient (Wildman–Crippen LogP) is -0.437. The fourth-order valence-electron chi connectivity index (χ4n) is 1.47.